The molecule has 0 bridgehead atoms. The molecule has 2 saturated carbocycles. The zero-order valence-corrected chi connectivity index (χ0v) is 13.2. The van der Waals surface area contributed by atoms with Crippen molar-refractivity contribution in [3.8, 4) is 0 Å². The molecule has 114 valence electrons. The van der Waals surface area contributed by atoms with Crippen LogP contribution in [0.2, 0.25) is 0 Å². The molecule has 2 fully saturated rings. The average Bonchev–Trinajstić information content (AvgIpc) is 2.45. The summed E-state index contributed by atoms with van der Waals surface area (Å²) in [7, 11) is 0. The highest BCUT2D eigenvalue weighted by Gasteiger charge is 2.29. The first-order valence-electron chi connectivity index (χ1n) is 8.96. The van der Waals surface area contributed by atoms with Gasteiger partial charge in [0.25, 0.3) is 0 Å². The van der Waals surface area contributed by atoms with Crippen LogP contribution in [-0.4, -0.2) is 0 Å². The van der Waals surface area contributed by atoms with Crippen LogP contribution in [0.5, 0.6) is 0 Å². The van der Waals surface area contributed by atoms with E-state index in [0.29, 0.717) is 0 Å². The van der Waals surface area contributed by atoms with Crippen LogP contribution < -0.4 is 0 Å². The van der Waals surface area contributed by atoms with Gasteiger partial charge in [0.15, 0.2) is 0 Å². The Hall–Kier alpha value is -0.260. The number of unbranched alkanes of at least 4 members (excludes halogenated alkanes) is 2. The molecule has 0 heteroatoms. The van der Waals surface area contributed by atoms with Crippen molar-refractivity contribution in [2.75, 3.05) is 0 Å². The Morgan fingerprint density at radius 2 is 1.47 bits per heavy atom. The van der Waals surface area contributed by atoms with E-state index in [-0.39, 0.29) is 2.85 Å². The summed E-state index contributed by atoms with van der Waals surface area (Å²) in [6.07, 6.45) is 21.0. The quantitative estimate of drug-likeness (QED) is 0.377. The molecule has 0 spiro atoms. The fourth-order valence-electron chi connectivity index (χ4n) is 4.18. The zero-order valence-electron chi connectivity index (χ0n) is 13.2. The van der Waals surface area contributed by atoms with E-state index in [9.17, 15) is 0 Å². The van der Waals surface area contributed by atoms with Crippen LogP contribution in [0.1, 0.15) is 87.3 Å². The molecule has 2 rings (SSSR count). The molecule has 0 unspecified atom stereocenters. The highest BCUT2D eigenvalue weighted by molar-refractivity contribution is 4.92. The molecule has 2 aliphatic rings. The molecule has 0 saturated heterocycles. The monoisotopic (exact) mass is 266 g/mol. The fraction of sp³-hybridized carbons (Fsp3) is 0.895. The summed E-state index contributed by atoms with van der Waals surface area (Å²) in [5, 5.41) is 0. The largest absolute Gasteiger partial charge is 0.0883 e. The predicted octanol–water partition coefficient (Wildman–Crippen LogP) is 6.86. The highest BCUT2D eigenvalue weighted by atomic mass is 14.3. The Morgan fingerprint density at radius 3 is 2.05 bits per heavy atom. The van der Waals surface area contributed by atoms with Crippen LogP contribution in [0, 0.1) is 23.7 Å². The third-order valence-corrected chi connectivity index (χ3v) is 5.68. The van der Waals surface area contributed by atoms with Crippen LogP contribution in [0.15, 0.2) is 12.2 Å². The summed E-state index contributed by atoms with van der Waals surface area (Å²) in [6.45, 7) is 4.72. The minimum atomic E-state index is 0. The van der Waals surface area contributed by atoms with Crippen LogP contribution in [0.4, 0.5) is 0 Å². The van der Waals surface area contributed by atoms with Crippen molar-refractivity contribution in [2.45, 2.75) is 84.5 Å². The van der Waals surface area contributed by atoms with E-state index in [1.54, 1.807) is 0 Å². The second kappa shape index (κ2) is 8.12. The van der Waals surface area contributed by atoms with Gasteiger partial charge < -0.3 is 0 Å². The molecule has 2 aliphatic carbocycles. The standard InChI is InChI=1S/C19H34.2H2/c1-3-4-5-6-7-17-10-14-19(15-11-17)18-12-8-16(2)9-13-18;;/h6-7,16-19H,3-5,8-15H2,1-2H3;2*1H/b7-6+;;. The summed E-state index contributed by atoms with van der Waals surface area (Å²) >= 11 is 0. The van der Waals surface area contributed by atoms with Gasteiger partial charge in [-0.3, -0.25) is 0 Å². The van der Waals surface area contributed by atoms with Crippen molar-refractivity contribution in [1.82, 2.24) is 0 Å². The van der Waals surface area contributed by atoms with Gasteiger partial charge in [-0.1, -0.05) is 51.7 Å². The molecule has 0 aromatic carbocycles. The Labute approximate surface area is 124 Å². The smallest absolute Gasteiger partial charge is 0 e. The molecule has 0 amide bonds. The molecule has 0 N–H and O–H groups in total. The SMILES string of the molecule is CCCC/C=C/C1CCC(C2CCC(C)CC2)CC1.[HH].[HH]. The van der Waals surface area contributed by atoms with Crippen molar-refractivity contribution in [3.05, 3.63) is 12.2 Å². The average molecular weight is 267 g/mol. The van der Waals surface area contributed by atoms with Gasteiger partial charge in [0.05, 0.1) is 0 Å². The summed E-state index contributed by atoms with van der Waals surface area (Å²) in [5.41, 5.74) is 0. The summed E-state index contributed by atoms with van der Waals surface area (Å²) in [4.78, 5) is 0. The van der Waals surface area contributed by atoms with Crippen molar-refractivity contribution in [3.63, 3.8) is 0 Å². The van der Waals surface area contributed by atoms with E-state index >= 15 is 0 Å². The Balaban J connectivity index is 0.00000200. The van der Waals surface area contributed by atoms with E-state index in [4.69, 9.17) is 0 Å². The fourth-order valence-corrected chi connectivity index (χ4v) is 4.18. The topological polar surface area (TPSA) is 0 Å². The van der Waals surface area contributed by atoms with Crippen LogP contribution in [0.25, 0.3) is 0 Å². The van der Waals surface area contributed by atoms with E-state index < -0.39 is 0 Å². The lowest BCUT2D eigenvalue weighted by Gasteiger charge is -2.36. The zero-order chi connectivity index (χ0) is 13.5. The maximum absolute atomic E-state index is 2.54. The molecule has 0 heterocycles. The Kier molecular flexibility index (Phi) is 6.47. The van der Waals surface area contributed by atoms with Gasteiger partial charge in [0.1, 0.15) is 0 Å². The Bertz CT molecular complexity index is 259. The van der Waals surface area contributed by atoms with Gasteiger partial charge in [-0.25, -0.2) is 0 Å². The second-order valence-electron chi connectivity index (χ2n) is 7.27. The van der Waals surface area contributed by atoms with Gasteiger partial charge in [0, 0.05) is 2.85 Å². The molecule has 0 atom stereocenters. The second-order valence-corrected chi connectivity index (χ2v) is 7.27. The van der Waals surface area contributed by atoms with Crippen molar-refractivity contribution in [1.29, 1.82) is 0 Å². The maximum atomic E-state index is 2.54. The highest BCUT2D eigenvalue weighted by Crippen LogP contribution is 2.41. The normalized spacial score (nSPS) is 36.7. The van der Waals surface area contributed by atoms with Crippen LogP contribution in [0.3, 0.4) is 0 Å². The van der Waals surface area contributed by atoms with E-state index in [1.807, 2.05) is 0 Å². The minimum Gasteiger partial charge on any atom is -0.0883 e. The minimum absolute atomic E-state index is 0. The first-order chi connectivity index (χ1) is 9.29. The molecule has 0 aromatic heterocycles. The number of hydrogen-bond acceptors (Lipinski definition) is 0. The van der Waals surface area contributed by atoms with Gasteiger partial charge in [-0.05, 0) is 68.6 Å². The number of allylic oxidation sites excluding steroid dienone is 2. The number of hydrogen-bond donors (Lipinski definition) is 0. The van der Waals surface area contributed by atoms with Crippen molar-refractivity contribution < 1.29 is 2.85 Å². The third-order valence-electron chi connectivity index (χ3n) is 5.68. The molecular formula is C19H38. The predicted molar refractivity (Wildman–Crippen MR) is 89.5 cm³/mol. The lowest BCUT2D eigenvalue weighted by atomic mass is 9.69. The van der Waals surface area contributed by atoms with Crippen LogP contribution in [-0.2, 0) is 0 Å². The van der Waals surface area contributed by atoms with Gasteiger partial charge in [-0.15, -0.1) is 0 Å². The van der Waals surface area contributed by atoms with Crippen molar-refractivity contribution >= 4 is 0 Å². The first-order valence-corrected chi connectivity index (χ1v) is 8.96. The van der Waals surface area contributed by atoms with E-state index in [0.717, 1.165) is 23.7 Å². The van der Waals surface area contributed by atoms with Gasteiger partial charge in [0.2, 0.25) is 0 Å². The van der Waals surface area contributed by atoms with Gasteiger partial charge in [-0.2, -0.15) is 0 Å². The van der Waals surface area contributed by atoms with Crippen LogP contribution >= 0.6 is 0 Å². The van der Waals surface area contributed by atoms with E-state index in [1.165, 1.54) is 70.6 Å². The molecule has 0 nitrogen and oxygen atoms in total. The molecule has 19 heavy (non-hydrogen) atoms. The first kappa shape index (κ1) is 15.1. The van der Waals surface area contributed by atoms with Crippen molar-refractivity contribution in [2.24, 2.45) is 23.7 Å². The third kappa shape index (κ3) is 4.97. The molecule has 0 aliphatic heterocycles. The Morgan fingerprint density at radius 1 is 0.895 bits per heavy atom. The summed E-state index contributed by atoms with van der Waals surface area (Å²) < 4.78 is 0. The maximum Gasteiger partial charge on any atom is 0 e. The number of rotatable bonds is 5. The van der Waals surface area contributed by atoms with Gasteiger partial charge >= 0.3 is 0 Å². The molecule has 0 radical (unpaired) electrons. The lowest BCUT2D eigenvalue weighted by molar-refractivity contribution is 0.160. The molecule has 0 aromatic rings. The summed E-state index contributed by atoms with van der Waals surface area (Å²) in [6, 6.07) is 0. The molecular weight excluding hydrogens is 228 g/mol. The lowest BCUT2D eigenvalue weighted by Crippen LogP contribution is -2.24. The van der Waals surface area contributed by atoms with E-state index in [2.05, 4.69) is 26.0 Å². The summed E-state index contributed by atoms with van der Waals surface area (Å²) in [5.74, 6) is 4.08.